The molecular weight excluding hydrogens is 270 g/mol. The number of hydrogen-bond donors (Lipinski definition) is 1. The zero-order valence-corrected chi connectivity index (χ0v) is 9.61. The highest BCUT2D eigenvalue weighted by Gasteiger charge is 2.50. The molecule has 0 aromatic heterocycles. The molecule has 0 saturated carbocycles. The Morgan fingerprint density at radius 3 is 2.05 bits per heavy atom. The summed E-state index contributed by atoms with van der Waals surface area (Å²) >= 11 is 0. The number of carboxylic acid groups (broad SMARTS) is 1. The van der Waals surface area contributed by atoms with Crippen molar-refractivity contribution in [2.24, 2.45) is 0 Å². The van der Waals surface area contributed by atoms with Crippen molar-refractivity contribution in [3.8, 4) is 0 Å². The number of alkyl halides is 4. The maximum atomic E-state index is 12.8. The Bertz CT molecular complexity index is 487. The highest BCUT2D eigenvalue weighted by Crippen LogP contribution is 2.27. The SMILES string of the molecule is CN(C(=O)C(F)(F)C(F)F)c1ccc(C(=O)O)cc1. The van der Waals surface area contributed by atoms with Crippen molar-refractivity contribution in [2.75, 3.05) is 11.9 Å². The van der Waals surface area contributed by atoms with Crippen molar-refractivity contribution in [3.63, 3.8) is 0 Å². The molecule has 1 aromatic carbocycles. The number of benzene rings is 1. The number of carbonyl (C=O) groups excluding carboxylic acids is 1. The van der Waals surface area contributed by atoms with E-state index < -0.39 is 24.2 Å². The quantitative estimate of drug-likeness (QED) is 0.860. The fraction of sp³-hybridized carbons (Fsp3) is 0.273. The average Bonchev–Trinajstić information content (AvgIpc) is 2.36. The van der Waals surface area contributed by atoms with Crippen LogP contribution in [0.5, 0.6) is 0 Å². The number of aromatic carboxylic acids is 1. The molecular formula is C11H9F4NO3. The van der Waals surface area contributed by atoms with Gasteiger partial charge in [-0.1, -0.05) is 0 Å². The van der Waals surface area contributed by atoms with Crippen LogP contribution in [0.1, 0.15) is 10.4 Å². The van der Waals surface area contributed by atoms with E-state index in [0.29, 0.717) is 4.90 Å². The van der Waals surface area contributed by atoms with Crippen LogP contribution in [-0.4, -0.2) is 36.4 Å². The minimum Gasteiger partial charge on any atom is -0.478 e. The highest BCUT2D eigenvalue weighted by atomic mass is 19.3. The summed E-state index contributed by atoms with van der Waals surface area (Å²) in [6.45, 7) is 0. The first-order chi connectivity index (χ1) is 8.67. The second kappa shape index (κ2) is 5.25. The lowest BCUT2D eigenvalue weighted by Gasteiger charge is -2.22. The molecule has 0 heterocycles. The second-order valence-corrected chi connectivity index (χ2v) is 3.64. The molecule has 0 spiro atoms. The molecule has 0 saturated heterocycles. The third-order valence-electron chi connectivity index (χ3n) is 2.37. The van der Waals surface area contributed by atoms with E-state index in [4.69, 9.17) is 5.11 Å². The van der Waals surface area contributed by atoms with Crippen LogP contribution in [0.4, 0.5) is 23.2 Å². The minimum atomic E-state index is -4.79. The number of nitrogens with zero attached hydrogens (tertiary/aromatic N) is 1. The van der Waals surface area contributed by atoms with E-state index in [1.807, 2.05) is 0 Å². The Morgan fingerprint density at radius 1 is 1.21 bits per heavy atom. The topological polar surface area (TPSA) is 57.6 Å². The summed E-state index contributed by atoms with van der Waals surface area (Å²) in [5.74, 6) is -8.09. The zero-order chi connectivity index (χ0) is 14.8. The van der Waals surface area contributed by atoms with Crippen molar-refractivity contribution < 1.29 is 32.3 Å². The third kappa shape index (κ3) is 3.01. The molecule has 1 rings (SSSR count). The van der Waals surface area contributed by atoms with Crippen LogP contribution in [0.15, 0.2) is 24.3 Å². The predicted molar refractivity (Wildman–Crippen MR) is 57.8 cm³/mol. The van der Waals surface area contributed by atoms with Crippen LogP contribution in [0, 0.1) is 0 Å². The van der Waals surface area contributed by atoms with Gasteiger partial charge in [-0.05, 0) is 24.3 Å². The Morgan fingerprint density at radius 2 is 1.68 bits per heavy atom. The monoisotopic (exact) mass is 279 g/mol. The number of anilines is 1. The molecule has 0 aliphatic rings. The van der Waals surface area contributed by atoms with Gasteiger partial charge in [0.2, 0.25) is 0 Å². The van der Waals surface area contributed by atoms with Crippen LogP contribution < -0.4 is 4.90 Å². The lowest BCUT2D eigenvalue weighted by Crippen LogP contribution is -2.46. The standard InChI is InChI=1S/C11H9F4NO3/c1-16(10(19)11(14,15)9(12)13)7-4-2-6(3-5-7)8(17)18/h2-5,9H,1H3,(H,17,18). The van der Waals surface area contributed by atoms with Crippen LogP contribution >= 0.6 is 0 Å². The van der Waals surface area contributed by atoms with Crippen LogP contribution in [0.25, 0.3) is 0 Å². The van der Waals surface area contributed by atoms with Gasteiger partial charge in [0.1, 0.15) is 0 Å². The van der Waals surface area contributed by atoms with Crippen molar-refractivity contribution in [3.05, 3.63) is 29.8 Å². The molecule has 0 fully saturated rings. The molecule has 0 aliphatic carbocycles. The number of carbonyl (C=O) groups is 2. The van der Waals surface area contributed by atoms with Gasteiger partial charge in [0.15, 0.2) is 0 Å². The van der Waals surface area contributed by atoms with E-state index in [9.17, 15) is 27.2 Å². The Hall–Kier alpha value is -2.12. The van der Waals surface area contributed by atoms with Gasteiger partial charge in [-0.2, -0.15) is 8.78 Å². The summed E-state index contributed by atoms with van der Waals surface area (Å²) in [5.41, 5.74) is -0.236. The minimum absolute atomic E-state index is 0.115. The van der Waals surface area contributed by atoms with Gasteiger partial charge in [-0.3, -0.25) is 4.79 Å². The molecule has 0 radical (unpaired) electrons. The molecule has 0 unspecified atom stereocenters. The Balaban J connectivity index is 2.97. The largest absolute Gasteiger partial charge is 0.478 e. The zero-order valence-electron chi connectivity index (χ0n) is 9.61. The number of halogens is 4. The number of carboxylic acids is 1. The maximum absolute atomic E-state index is 12.8. The molecule has 4 nitrogen and oxygen atoms in total. The maximum Gasteiger partial charge on any atom is 0.384 e. The van der Waals surface area contributed by atoms with Gasteiger partial charge in [0, 0.05) is 12.7 Å². The van der Waals surface area contributed by atoms with Gasteiger partial charge < -0.3 is 10.0 Å². The van der Waals surface area contributed by atoms with Crippen LogP contribution in [0.2, 0.25) is 0 Å². The molecule has 0 aliphatic heterocycles. The summed E-state index contributed by atoms with van der Waals surface area (Å²) in [7, 11) is 0.897. The fourth-order valence-corrected chi connectivity index (χ4v) is 1.26. The van der Waals surface area contributed by atoms with E-state index in [1.165, 1.54) is 0 Å². The lowest BCUT2D eigenvalue weighted by molar-refractivity contribution is -0.166. The van der Waals surface area contributed by atoms with E-state index in [2.05, 4.69) is 0 Å². The first-order valence-corrected chi connectivity index (χ1v) is 4.95. The van der Waals surface area contributed by atoms with Crippen molar-refractivity contribution in [1.82, 2.24) is 0 Å². The van der Waals surface area contributed by atoms with Gasteiger partial charge in [0.25, 0.3) is 0 Å². The molecule has 8 heteroatoms. The van der Waals surface area contributed by atoms with E-state index in [1.54, 1.807) is 0 Å². The fourth-order valence-electron chi connectivity index (χ4n) is 1.26. The Labute approximate surface area is 105 Å². The normalized spacial score (nSPS) is 11.5. The summed E-state index contributed by atoms with van der Waals surface area (Å²) in [6.07, 6.45) is -4.11. The molecule has 19 heavy (non-hydrogen) atoms. The van der Waals surface area contributed by atoms with Gasteiger partial charge in [-0.25, -0.2) is 13.6 Å². The average molecular weight is 279 g/mol. The van der Waals surface area contributed by atoms with Crippen molar-refractivity contribution in [1.29, 1.82) is 0 Å². The van der Waals surface area contributed by atoms with Gasteiger partial charge in [0.05, 0.1) is 5.56 Å². The Kier molecular flexibility index (Phi) is 4.13. The van der Waals surface area contributed by atoms with E-state index >= 15 is 0 Å². The molecule has 1 amide bonds. The third-order valence-corrected chi connectivity index (χ3v) is 2.37. The summed E-state index contributed by atoms with van der Waals surface area (Å²) in [4.78, 5) is 22.1. The van der Waals surface area contributed by atoms with E-state index in [-0.39, 0.29) is 11.3 Å². The summed E-state index contributed by atoms with van der Waals surface area (Å²) in [6, 6.07) is 4.29. The number of amides is 1. The van der Waals surface area contributed by atoms with Crippen LogP contribution in [0.3, 0.4) is 0 Å². The summed E-state index contributed by atoms with van der Waals surface area (Å²) < 4.78 is 49.8. The molecule has 1 N–H and O–H groups in total. The number of rotatable bonds is 4. The van der Waals surface area contributed by atoms with Crippen LogP contribution in [-0.2, 0) is 4.79 Å². The number of hydrogen-bond acceptors (Lipinski definition) is 2. The van der Waals surface area contributed by atoms with Gasteiger partial charge >= 0.3 is 24.2 Å². The molecule has 0 atom stereocenters. The molecule has 0 bridgehead atoms. The second-order valence-electron chi connectivity index (χ2n) is 3.64. The van der Waals surface area contributed by atoms with Crippen molar-refractivity contribution in [2.45, 2.75) is 12.3 Å². The molecule has 1 aromatic rings. The smallest absolute Gasteiger partial charge is 0.384 e. The highest BCUT2D eigenvalue weighted by molar-refractivity contribution is 5.98. The molecule has 104 valence electrons. The first-order valence-electron chi connectivity index (χ1n) is 4.95. The lowest BCUT2D eigenvalue weighted by atomic mass is 10.2. The summed E-state index contributed by atoms with van der Waals surface area (Å²) in [5, 5.41) is 8.63. The first kappa shape index (κ1) is 14.9. The van der Waals surface area contributed by atoms with Crippen molar-refractivity contribution >= 4 is 17.6 Å². The van der Waals surface area contributed by atoms with Gasteiger partial charge in [-0.15, -0.1) is 0 Å². The van der Waals surface area contributed by atoms with E-state index in [0.717, 1.165) is 31.3 Å². The predicted octanol–water partition coefficient (Wildman–Crippen LogP) is 2.25.